The van der Waals surface area contributed by atoms with E-state index in [-0.39, 0.29) is 0 Å². The predicted molar refractivity (Wildman–Crippen MR) is 84.8 cm³/mol. The number of likely N-dealkylation sites (N-methyl/N-ethyl adjacent to an activating group) is 1. The molecule has 0 spiro atoms. The lowest BCUT2D eigenvalue weighted by Crippen LogP contribution is -2.52. The van der Waals surface area contributed by atoms with Gasteiger partial charge in [-0.1, -0.05) is 13.8 Å². The SMILES string of the molecule is COc1cnc(NCC(C(C)C)N2CCN(C)CC2)nc1. The molecule has 0 aromatic carbocycles. The van der Waals surface area contributed by atoms with Crippen LogP contribution in [0.25, 0.3) is 0 Å². The Morgan fingerprint density at radius 1 is 1.19 bits per heavy atom. The van der Waals surface area contributed by atoms with Gasteiger partial charge in [-0.05, 0) is 13.0 Å². The average molecular weight is 293 g/mol. The Balaban J connectivity index is 1.90. The Kier molecular flexibility index (Phi) is 5.76. The summed E-state index contributed by atoms with van der Waals surface area (Å²) < 4.78 is 5.07. The molecule has 1 aromatic rings. The molecule has 0 amide bonds. The van der Waals surface area contributed by atoms with Crippen molar-refractivity contribution in [1.29, 1.82) is 0 Å². The molecule has 6 nitrogen and oxygen atoms in total. The number of methoxy groups -OCH3 is 1. The molecule has 1 atom stereocenters. The number of hydrogen-bond acceptors (Lipinski definition) is 6. The van der Waals surface area contributed by atoms with Crippen molar-refractivity contribution in [3.8, 4) is 5.75 Å². The molecule has 1 aromatic heterocycles. The summed E-state index contributed by atoms with van der Waals surface area (Å²) in [4.78, 5) is 13.5. The average Bonchev–Trinajstić information content (AvgIpc) is 2.49. The van der Waals surface area contributed by atoms with Crippen LogP contribution in [0.5, 0.6) is 5.75 Å². The first-order valence-electron chi connectivity index (χ1n) is 7.62. The summed E-state index contributed by atoms with van der Waals surface area (Å²) in [7, 11) is 3.80. The van der Waals surface area contributed by atoms with Crippen LogP contribution >= 0.6 is 0 Å². The van der Waals surface area contributed by atoms with E-state index >= 15 is 0 Å². The van der Waals surface area contributed by atoms with Crippen LogP contribution in [0.1, 0.15) is 13.8 Å². The molecule has 2 rings (SSSR count). The van der Waals surface area contributed by atoms with Gasteiger partial charge in [0.25, 0.3) is 0 Å². The van der Waals surface area contributed by atoms with Gasteiger partial charge in [0, 0.05) is 38.8 Å². The highest BCUT2D eigenvalue weighted by atomic mass is 16.5. The molecule has 1 aliphatic rings. The first-order chi connectivity index (χ1) is 10.1. The molecular formula is C15H27N5O. The number of nitrogens with zero attached hydrogens (tertiary/aromatic N) is 4. The van der Waals surface area contributed by atoms with Gasteiger partial charge < -0.3 is 15.0 Å². The maximum Gasteiger partial charge on any atom is 0.222 e. The molecule has 1 unspecified atom stereocenters. The van der Waals surface area contributed by atoms with E-state index in [9.17, 15) is 0 Å². The molecule has 1 aliphatic heterocycles. The summed E-state index contributed by atoms with van der Waals surface area (Å²) in [6, 6.07) is 0.504. The molecular weight excluding hydrogens is 266 g/mol. The number of aromatic nitrogens is 2. The minimum absolute atomic E-state index is 0.504. The monoisotopic (exact) mass is 293 g/mol. The Morgan fingerprint density at radius 2 is 1.81 bits per heavy atom. The lowest BCUT2D eigenvalue weighted by molar-refractivity contribution is 0.0943. The van der Waals surface area contributed by atoms with Crippen molar-refractivity contribution in [3.63, 3.8) is 0 Å². The third-order valence-electron chi connectivity index (χ3n) is 4.11. The van der Waals surface area contributed by atoms with Gasteiger partial charge in [-0.3, -0.25) is 4.90 Å². The van der Waals surface area contributed by atoms with Crippen LogP contribution in [-0.4, -0.2) is 72.7 Å². The van der Waals surface area contributed by atoms with Crippen LogP contribution < -0.4 is 10.1 Å². The molecule has 0 aliphatic carbocycles. The molecule has 2 heterocycles. The van der Waals surface area contributed by atoms with E-state index in [2.05, 4.69) is 46.0 Å². The van der Waals surface area contributed by atoms with Gasteiger partial charge >= 0.3 is 0 Å². The molecule has 1 saturated heterocycles. The Hall–Kier alpha value is -1.40. The van der Waals surface area contributed by atoms with E-state index in [4.69, 9.17) is 4.74 Å². The van der Waals surface area contributed by atoms with E-state index in [1.807, 2.05) is 0 Å². The van der Waals surface area contributed by atoms with Crippen molar-refractivity contribution in [2.45, 2.75) is 19.9 Å². The molecule has 1 N–H and O–H groups in total. The second kappa shape index (κ2) is 7.56. The van der Waals surface area contributed by atoms with Crippen molar-refractivity contribution < 1.29 is 4.74 Å². The number of hydrogen-bond donors (Lipinski definition) is 1. The van der Waals surface area contributed by atoms with Crippen molar-refractivity contribution in [3.05, 3.63) is 12.4 Å². The summed E-state index contributed by atoms with van der Waals surface area (Å²) in [5, 5.41) is 3.35. The Bertz CT molecular complexity index is 415. The zero-order valence-corrected chi connectivity index (χ0v) is 13.5. The summed E-state index contributed by atoms with van der Waals surface area (Å²) in [5.41, 5.74) is 0. The highest BCUT2D eigenvalue weighted by Gasteiger charge is 2.24. The minimum Gasteiger partial charge on any atom is -0.494 e. The molecule has 6 heteroatoms. The largest absolute Gasteiger partial charge is 0.494 e. The third kappa shape index (κ3) is 4.54. The zero-order chi connectivity index (χ0) is 15.2. The second-order valence-electron chi connectivity index (χ2n) is 5.98. The Labute approximate surface area is 127 Å². The summed E-state index contributed by atoms with van der Waals surface area (Å²) >= 11 is 0. The first-order valence-corrected chi connectivity index (χ1v) is 7.62. The van der Waals surface area contributed by atoms with Crippen molar-refractivity contribution >= 4 is 5.95 Å². The van der Waals surface area contributed by atoms with E-state index in [1.54, 1.807) is 19.5 Å². The van der Waals surface area contributed by atoms with Crippen LogP contribution in [0.3, 0.4) is 0 Å². The standard InChI is InChI=1S/C15H27N5O/c1-12(2)14(20-7-5-19(3)6-8-20)11-18-15-16-9-13(21-4)10-17-15/h9-10,12,14H,5-8,11H2,1-4H3,(H,16,17,18). The smallest absolute Gasteiger partial charge is 0.222 e. The predicted octanol–water partition coefficient (Wildman–Crippen LogP) is 1.17. The van der Waals surface area contributed by atoms with Gasteiger partial charge in [-0.15, -0.1) is 0 Å². The molecule has 118 valence electrons. The summed E-state index contributed by atoms with van der Waals surface area (Å²) in [6.45, 7) is 9.96. The maximum atomic E-state index is 5.07. The number of piperazine rings is 1. The molecule has 0 radical (unpaired) electrons. The third-order valence-corrected chi connectivity index (χ3v) is 4.11. The second-order valence-corrected chi connectivity index (χ2v) is 5.98. The fraction of sp³-hybridized carbons (Fsp3) is 0.733. The van der Waals surface area contributed by atoms with Crippen LogP contribution in [0, 0.1) is 5.92 Å². The fourth-order valence-corrected chi connectivity index (χ4v) is 2.65. The highest BCUT2D eigenvalue weighted by molar-refractivity contribution is 5.27. The zero-order valence-electron chi connectivity index (χ0n) is 13.5. The van der Waals surface area contributed by atoms with Gasteiger partial charge in [0.05, 0.1) is 19.5 Å². The van der Waals surface area contributed by atoms with E-state index in [1.165, 1.54) is 0 Å². The van der Waals surface area contributed by atoms with Crippen molar-refractivity contribution in [2.24, 2.45) is 5.92 Å². The Morgan fingerprint density at radius 3 is 2.33 bits per heavy atom. The fourth-order valence-electron chi connectivity index (χ4n) is 2.65. The van der Waals surface area contributed by atoms with Gasteiger partial charge in [0.1, 0.15) is 0 Å². The van der Waals surface area contributed by atoms with E-state index in [0.717, 1.165) is 32.7 Å². The van der Waals surface area contributed by atoms with Crippen LogP contribution in [0.15, 0.2) is 12.4 Å². The maximum absolute atomic E-state index is 5.07. The summed E-state index contributed by atoms with van der Waals surface area (Å²) in [5.74, 6) is 1.94. The van der Waals surface area contributed by atoms with Gasteiger partial charge in [-0.2, -0.15) is 0 Å². The lowest BCUT2D eigenvalue weighted by atomic mass is 10.0. The highest BCUT2D eigenvalue weighted by Crippen LogP contribution is 2.14. The van der Waals surface area contributed by atoms with Crippen molar-refractivity contribution in [2.75, 3.05) is 52.2 Å². The van der Waals surface area contributed by atoms with Gasteiger partial charge in [-0.25, -0.2) is 9.97 Å². The summed E-state index contributed by atoms with van der Waals surface area (Å²) in [6.07, 6.45) is 3.38. The van der Waals surface area contributed by atoms with E-state index < -0.39 is 0 Å². The normalized spacial score (nSPS) is 18.7. The van der Waals surface area contributed by atoms with Crippen molar-refractivity contribution in [1.82, 2.24) is 19.8 Å². The molecule has 0 saturated carbocycles. The topological polar surface area (TPSA) is 53.5 Å². The number of rotatable bonds is 6. The van der Waals surface area contributed by atoms with Gasteiger partial charge in [0.2, 0.25) is 5.95 Å². The first kappa shape index (κ1) is 16.0. The molecule has 21 heavy (non-hydrogen) atoms. The minimum atomic E-state index is 0.504. The number of ether oxygens (including phenoxy) is 1. The molecule has 1 fully saturated rings. The quantitative estimate of drug-likeness (QED) is 0.850. The van der Waals surface area contributed by atoms with Crippen LogP contribution in [0.4, 0.5) is 5.95 Å². The number of nitrogens with one attached hydrogen (secondary N) is 1. The lowest BCUT2D eigenvalue weighted by Gasteiger charge is -2.39. The van der Waals surface area contributed by atoms with E-state index in [0.29, 0.717) is 23.7 Å². The van der Waals surface area contributed by atoms with Crippen LogP contribution in [0.2, 0.25) is 0 Å². The molecule has 0 bridgehead atoms. The number of anilines is 1. The van der Waals surface area contributed by atoms with Gasteiger partial charge in [0.15, 0.2) is 5.75 Å². The van der Waals surface area contributed by atoms with Crippen LogP contribution in [-0.2, 0) is 0 Å².